The first-order valence-electron chi connectivity index (χ1n) is 8.64. The lowest BCUT2D eigenvalue weighted by molar-refractivity contribution is 0.170. The van der Waals surface area contributed by atoms with Gasteiger partial charge in [-0.2, -0.15) is 4.31 Å². The van der Waals surface area contributed by atoms with E-state index in [1.165, 1.54) is 5.56 Å². The van der Waals surface area contributed by atoms with Gasteiger partial charge in [0.2, 0.25) is 10.0 Å². The van der Waals surface area contributed by atoms with Crippen molar-refractivity contribution in [3.05, 3.63) is 48.3 Å². The summed E-state index contributed by atoms with van der Waals surface area (Å²) in [6, 6.07) is 8.79. The third-order valence-electron chi connectivity index (χ3n) is 4.64. The summed E-state index contributed by atoms with van der Waals surface area (Å²) in [5, 5.41) is 0. The van der Waals surface area contributed by atoms with Crippen LogP contribution in [0.15, 0.2) is 47.6 Å². The highest BCUT2D eigenvalue weighted by molar-refractivity contribution is 7.89. The Labute approximate surface area is 153 Å². The number of nitrogens with zero attached hydrogens (tertiary/aromatic N) is 3. The van der Waals surface area contributed by atoms with Crippen molar-refractivity contribution in [2.45, 2.75) is 11.4 Å². The van der Waals surface area contributed by atoms with E-state index in [1.54, 1.807) is 34.9 Å². The van der Waals surface area contributed by atoms with Gasteiger partial charge in [0.05, 0.1) is 4.90 Å². The maximum absolute atomic E-state index is 12.9. The molecule has 1 saturated heterocycles. The second-order valence-corrected chi connectivity index (χ2v) is 8.28. The molecule has 7 nitrogen and oxygen atoms in total. The van der Waals surface area contributed by atoms with Gasteiger partial charge in [-0.1, -0.05) is 0 Å². The largest absolute Gasteiger partial charge is 0.486 e. The van der Waals surface area contributed by atoms with Crippen LogP contribution in [0.3, 0.4) is 0 Å². The van der Waals surface area contributed by atoms with Crippen molar-refractivity contribution in [2.75, 3.05) is 39.4 Å². The summed E-state index contributed by atoms with van der Waals surface area (Å²) in [5.41, 5.74) is 1.18. The van der Waals surface area contributed by atoms with E-state index in [4.69, 9.17) is 9.47 Å². The molecule has 0 aliphatic carbocycles. The summed E-state index contributed by atoms with van der Waals surface area (Å²) in [6.45, 7) is 4.07. The molecular formula is C18H21N3O4S. The van der Waals surface area contributed by atoms with E-state index >= 15 is 0 Å². The van der Waals surface area contributed by atoms with Crippen LogP contribution in [0.1, 0.15) is 5.56 Å². The molecule has 4 rings (SSSR count). The normalized spacial score (nSPS) is 18.6. The molecule has 138 valence electrons. The summed E-state index contributed by atoms with van der Waals surface area (Å²) in [5.74, 6) is 1.09. The lowest BCUT2D eigenvalue weighted by atomic mass is 10.2. The van der Waals surface area contributed by atoms with Crippen molar-refractivity contribution < 1.29 is 17.9 Å². The Bertz CT molecular complexity index is 865. The first-order chi connectivity index (χ1) is 12.6. The minimum absolute atomic E-state index is 0.254. The predicted molar refractivity (Wildman–Crippen MR) is 95.7 cm³/mol. The number of hydrogen-bond donors (Lipinski definition) is 0. The molecule has 0 amide bonds. The molecule has 2 aliphatic heterocycles. The summed E-state index contributed by atoms with van der Waals surface area (Å²) in [7, 11) is -3.53. The van der Waals surface area contributed by atoms with Crippen molar-refractivity contribution in [2.24, 2.45) is 0 Å². The molecule has 0 spiro atoms. The van der Waals surface area contributed by atoms with E-state index in [0.717, 1.165) is 6.54 Å². The molecule has 2 aromatic rings. The van der Waals surface area contributed by atoms with Crippen molar-refractivity contribution in [1.82, 2.24) is 14.2 Å². The van der Waals surface area contributed by atoms with Gasteiger partial charge in [0.15, 0.2) is 11.5 Å². The Kier molecular flexibility index (Phi) is 4.80. The molecule has 3 heterocycles. The molecule has 0 saturated carbocycles. The molecule has 8 heteroatoms. The van der Waals surface area contributed by atoms with Gasteiger partial charge >= 0.3 is 0 Å². The van der Waals surface area contributed by atoms with Crippen molar-refractivity contribution in [3.63, 3.8) is 0 Å². The van der Waals surface area contributed by atoms with Crippen LogP contribution in [0.5, 0.6) is 11.5 Å². The van der Waals surface area contributed by atoms with Crippen molar-refractivity contribution in [3.8, 4) is 11.5 Å². The molecular weight excluding hydrogens is 354 g/mol. The fourth-order valence-electron chi connectivity index (χ4n) is 3.21. The molecule has 1 aromatic carbocycles. The molecule has 1 fully saturated rings. The molecule has 0 N–H and O–H groups in total. The molecule has 2 aliphatic rings. The first kappa shape index (κ1) is 17.3. The molecule has 1 aromatic heterocycles. The van der Waals surface area contributed by atoms with Crippen LogP contribution in [-0.2, 0) is 16.6 Å². The van der Waals surface area contributed by atoms with Crippen molar-refractivity contribution in [1.29, 1.82) is 0 Å². The van der Waals surface area contributed by atoms with E-state index in [2.05, 4.69) is 9.88 Å². The van der Waals surface area contributed by atoms with Crippen molar-refractivity contribution >= 4 is 10.0 Å². The maximum atomic E-state index is 12.9. The summed E-state index contributed by atoms with van der Waals surface area (Å²) < 4.78 is 38.4. The Morgan fingerprint density at radius 2 is 1.62 bits per heavy atom. The first-order valence-corrected chi connectivity index (χ1v) is 10.1. The minimum Gasteiger partial charge on any atom is -0.486 e. The molecule has 0 unspecified atom stereocenters. The number of pyridine rings is 1. The van der Waals surface area contributed by atoms with E-state index in [-0.39, 0.29) is 4.90 Å². The van der Waals surface area contributed by atoms with Crippen LogP contribution in [0, 0.1) is 0 Å². The summed E-state index contributed by atoms with van der Waals surface area (Å²) in [4.78, 5) is 6.53. The molecule has 26 heavy (non-hydrogen) atoms. The monoisotopic (exact) mass is 375 g/mol. The van der Waals surface area contributed by atoms with Gasteiger partial charge < -0.3 is 9.47 Å². The number of rotatable bonds is 4. The van der Waals surface area contributed by atoms with E-state index in [0.29, 0.717) is 50.9 Å². The van der Waals surface area contributed by atoms with E-state index in [9.17, 15) is 8.42 Å². The summed E-state index contributed by atoms with van der Waals surface area (Å²) in [6.07, 6.45) is 3.55. The number of fused-ring (bicyclic) bond motifs is 1. The topological polar surface area (TPSA) is 72.0 Å². The Hall–Kier alpha value is -2.16. The number of piperazine rings is 1. The minimum atomic E-state index is -3.53. The molecule has 0 radical (unpaired) electrons. The molecule has 0 bridgehead atoms. The zero-order valence-corrected chi connectivity index (χ0v) is 15.2. The summed E-state index contributed by atoms with van der Waals surface area (Å²) >= 11 is 0. The van der Waals surface area contributed by atoms with Crippen LogP contribution in [-0.4, -0.2) is 62.0 Å². The quantitative estimate of drug-likeness (QED) is 0.804. The zero-order chi connectivity index (χ0) is 18.0. The third kappa shape index (κ3) is 3.53. The highest BCUT2D eigenvalue weighted by Crippen LogP contribution is 2.33. The average Bonchev–Trinajstić information content (AvgIpc) is 2.69. The lowest BCUT2D eigenvalue weighted by Crippen LogP contribution is -2.48. The van der Waals surface area contributed by atoms with Gasteiger partial charge in [0, 0.05) is 51.2 Å². The smallest absolute Gasteiger partial charge is 0.243 e. The van der Waals surface area contributed by atoms with Crippen LogP contribution < -0.4 is 9.47 Å². The second-order valence-electron chi connectivity index (χ2n) is 6.34. The Balaban J connectivity index is 1.43. The predicted octanol–water partition coefficient (Wildman–Crippen LogP) is 1.36. The lowest BCUT2D eigenvalue weighted by Gasteiger charge is -2.34. The fraction of sp³-hybridized carbons (Fsp3) is 0.389. The third-order valence-corrected chi connectivity index (χ3v) is 6.53. The van der Waals surface area contributed by atoms with Crippen LogP contribution >= 0.6 is 0 Å². The van der Waals surface area contributed by atoms with Gasteiger partial charge in [0.25, 0.3) is 0 Å². The highest BCUT2D eigenvalue weighted by atomic mass is 32.2. The number of hydrogen-bond acceptors (Lipinski definition) is 6. The average molecular weight is 375 g/mol. The zero-order valence-electron chi connectivity index (χ0n) is 14.4. The number of sulfonamides is 1. The number of benzene rings is 1. The van der Waals surface area contributed by atoms with Crippen LogP contribution in [0.2, 0.25) is 0 Å². The fourth-order valence-corrected chi connectivity index (χ4v) is 4.65. The van der Waals surface area contributed by atoms with E-state index < -0.39 is 10.0 Å². The van der Waals surface area contributed by atoms with Gasteiger partial charge in [0.1, 0.15) is 13.2 Å². The van der Waals surface area contributed by atoms with Crippen LogP contribution in [0.4, 0.5) is 0 Å². The van der Waals surface area contributed by atoms with Crippen LogP contribution in [0.25, 0.3) is 0 Å². The highest BCUT2D eigenvalue weighted by Gasteiger charge is 2.29. The number of aromatic nitrogens is 1. The van der Waals surface area contributed by atoms with Gasteiger partial charge in [-0.3, -0.25) is 9.88 Å². The SMILES string of the molecule is O=S(=O)(c1ccc2c(c1)OCCO2)N1CCN(Cc2ccncc2)CC1. The van der Waals surface area contributed by atoms with E-state index in [1.807, 2.05) is 12.1 Å². The van der Waals surface area contributed by atoms with Gasteiger partial charge in [-0.25, -0.2) is 8.42 Å². The Morgan fingerprint density at radius 1 is 0.923 bits per heavy atom. The standard InChI is InChI=1S/C18H21N3O4S/c22-26(23,16-1-2-17-18(13-16)25-12-11-24-17)21-9-7-20(8-10-21)14-15-3-5-19-6-4-15/h1-6,13H,7-12,14H2. The second kappa shape index (κ2) is 7.22. The van der Waals surface area contributed by atoms with Gasteiger partial charge in [-0.15, -0.1) is 0 Å². The van der Waals surface area contributed by atoms with Gasteiger partial charge in [-0.05, 0) is 29.8 Å². The number of ether oxygens (including phenoxy) is 2. The molecule has 0 atom stereocenters. The maximum Gasteiger partial charge on any atom is 0.243 e. The Morgan fingerprint density at radius 3 is 2.35 bits per heavy atom.